The number of nitro benzene ring substituents is 1. The van der Waals surface area contributed by atoms with Gasteiger partial charge in [0.2, 0.25) is 11.8 Å². The molecule has 0 fully saturated rings. The zero-order chi connectivity index (χ0) is 15.8. The minimum atomic E-state index is -0.520. The number of hydrogen-bond donors (Lipinski definition) is 2. The van der Waals surface area contributed by atoms with Crippen LogP contribution in [0.4, 0.5) is 5.69 Å². The second-order valence-corrected chi connectivity index (χ2v) is 4.59. The highest BCUT2D eigenvalue weighted by Crippen LogP contribution is 2.18. The van der Waals surface area contributed by atoms with Crippen LogP contribution in [-0.2, 0) is 9.59 Å². The van der Waals surface area contributed by atoms with Crippen molar-refractivity contribution in [3.8, 4) is 0 Å². The van der Waals surface area contributed by atoms with Crippen molar-refractivity contribution in [3.63, 3.8) is 0 Å². The molecule has 0 saturated heterocycles. The fourth-order valence-corrected chi connectivity index (χ4v) is 1.56. The number of nitro groups is 1. The summed E-state index contributed by atoms with van der Waals surface area (Å²) in [5.41, 5.74) is 0.239. The van der Waals surface area contributed by atoms with Crippen LogP contribution in [0.2, 0.25) is 0 Å². The van der Waals surface area contributed by atoms with Crippen molar-refractivity contribution in [3.05, 3.63) is 46.0 Å². The molecule has 1 aromatic carbocycles. The lowest BCUT2D eigenvalue weighted by Gasteiger charge is -2.08. The molecule has 0 aliphatic heterocycles. The lowest BCUT2D eigenvalue weighted by atomic mass is 10.1. The smallest absolute Gasteiger partial charge is 0.276 e. The van der Waals surface area contributed by atoms with E-state index in [1.54, 1.807) is 12.1 Å². The highest BCUT2D eigenvalue weighted by atomic mass is 16.6. The third-order valence-electron chi connectivity index (χ3n) is 2.42. The van der Waals surface area contributed by atoms with E-state index in [-0.39, 0.29) is 24.2 Å². The third-order valence-corrected chi connectivity index (χ3v) is 2.42. The maximum absolute atomic E-state index is 11.5. The molecule has 1 aromatic rings. The number of hydrogen-bond acceptors (Lipinski definition) is 4. The lowest BCUT2D eigenvalue weighted by Crippen LogP contribution is -2.39. The van der Waals surface area contributed by atoms with E-state index < -0.39 is 10.8 Å². The van der Waals surface area contributed by atoms with E-state index >= 15 is 0 Å². The largest absolute Gasteiger partial charge is 0.352 e. The van der Waals surface area contributed by atoms with Crippen LogP contribution in [0.1, 0.15) is 19.4 Å². The van der Waals surface area contributed by atoms with Gasteiger partial charge in [-0.05, 0) is 26.0 Å². The van der Waals surface area contributed by atoms with Gasteiger partial charge in [-0.1, -0.05) is 12.1 Å². The Morgan fingerprint density at radius 1 is 1.33 bits per heavy atom. The molecule has 0 unspecified atom stereocenters. The van der Waals surface area contributed by atoms with Crippen molar-refractivity contribution in [2.75, 3.05) is 6.54 Å². The van der Waals surface area contributed by atoms with Gasteiger partial charge in [0.15, 0.2) is 0 Å². The molecule has 0 saturated carbocycles. The van der Waals surface area contributed by atoms with E-state index in [1.165, 1.54) is 18.2 Å². The average molecular weight is 291 g/mol. The molecule has 0 spiro atoms. The number of nitrogens with one attached hydrogen (secondary N) is 2. The van der Waals surface area contributed by atoms with Gasteiger partial charge in [0, 0.05) is 18.2 Å². The summed E-state index contributed by atoms with van der Waals surface area (Å²) in [6.07, 6.45) is 2.50. The van der Waals surface area contributed by atoms with Crippen molar-refractivity contribution in [2.45, 2.75) is 19.9 Å². The quantitative estimate of drug-likeness (QED) is 0.468. The van der Waals surface area contributed by atoms with Crippen LogP contribution < -0.4 is 10.6 Å². The monoisotopic (exact) mass is 291 g/mol. The van der Waals surface area contributed by atoms with Gasteiger partial charge in [-0.15, -0.1) is 0 Å². The van der Waals surface area contributed by atoms with Gasteiger partial charge < -0.3 is 10.6 Å². The van der Waals surface area contributed by atoms with Crippen LogP contribution in [0, 0.1) is 10.1 Å². The molecule has 0 aromatic heterocycles. The van der Waals surface area contributed by atoms with Crippen molar-refractivity contribution in [1.82, 2.24) is 10.6 Å². The Balaban J connectivity index is 2.59. The first-order valence-corrected chi connectivity index (χ1v) is 6.39. The highest BCUT2D eigenvalue weighted by molar-refractivity contribution is 5.94. The number of nitrogens with zero attached hydrogens (tertiary/aromatic N) is 1. The summed E-state index contributed by atoms with van der Waals surface area (Å²) in [6, 6.07) is 6.07. The molecule has 0 atom stereocenters. The Hall–Kier alpha value is -2.70. The number of amides is 2. The Labute approximate surface area is 122 Å². The second kappa shape index (κ2) is 7.78. The summed E-state index contributed by atoms with van der Waals surface area (Å²) < 4.78 is 0. The Morgan fingerprint density at radius 2 is 2.00 bits per heavy atom. The molecule has 2 N–H and O–H groups in total. The molecule has 112 valence electrons. The van der Waals surface area contributed by atoms with Gasteiger partial charge >= 0.3 is 0 Å². The summed E-state index contributed by atoms with van der Waals surface area (Å²) in [6.45, 7) is 3.49. The van der Waals surface area contributed by atoms with Gasteiger partial charge in [0.1, 0.15) is 0 Å². The molecular weight excluding hydrogens is 274 g/mol. The van der Waals surface area contributed by atoms with Gasteiger partial charge in [0.05, 0.1) is 17.0 Å². The van der Waals surface area contributed by atoms with E-state index in [0.717, 1.165) is 6.08 Å². The maximum Gasteiger partial charge on any atom is 0.276 e. The molecule has 0 aliphatic rings. The molecular formula is C14H17N3O4. The molecule has 0 bridgehead atoms. The van der Waals surface area contributed by atoms with Crippen molar-refractivity contribution in [1.29, 1.82) is 0 Å². The number of carbonyl (C=O) groups excluding carboxylic acids is 2. The van der Waals surface area contributed by atoms with Gasteiger partial charge in [-0.3, -0.25) is 19.7 Å². The topological polar surface area (TPSA) is 101 Å². The number of benzene rings is 1. The van der Waals surface area contributed by atoms with Crippen LogP contribution in [-0.4, -0.2) is 29.3 Å². The zero-order valence-electron chi connectivity index (χ0n) is 11.8. The van der Waals surface area contributed by atoms with E-state index in [1.807, 2.05) is 13.8 Å². The zero-order valence-corrected chi connectivity index (χ0v) is 11.8. The average Bonchev–Trinajstić information content (AvgIpc) is 2.42. The molecule has 7 nitrogen and oxygen atoms in total. The van der Waals surface area contributed by atoms with E-state index in [4.69, 9.17) is 0 Å². The molecule has 0 aliphatic carbocycles. The Morgan fingerprint density at radius 3 is 2.62 bits per heavy atom. The van der Waals surface area contributed by atoms with Crippen LogP contribution in [0.15, 0.2) is 30.3 Å². The fourth-order valence-electron chi connectivity index (χ4n) is 1.56. The van der Waals surface area contributed by atoms with Crippen molar-refractivity contribution >= 4 is 23.6 Å². The van der Waals surface area contributed by atoms with E-state index in [9.17, 15) is 19.7 Å². The Bertz CT molecular complexity index is 567. The van der Waals surface area contributed by atoms with E-state index in [0.29, 0.717) is 5.56 Å². The minimum Gasteiger partial charge on any atom is -0.352 e. The first-order chi connectivity index (χ1) is 9.90. The van der Waals surface area contributed by atoms with Crippen LogP contribution in [0.3, 0.4) is 0 Å². The first kappa shape index (κ1) is 16.4. The SMILES string of the molecule is CC(C)NC(=O)CNC(=O)/C=C/c1ccccc1[N+](=O)[O-]. The standard InChI is InChI=1S/C14H17N3O4/c1-10(2)16-14(19)9-15-13(18)8-7-11-5-3-4-6-12(11)17(20)21/h3-8,10H,9H2,1-2H3,(H,15,18)(H,16,19)/b8-7+. The lowest BCUT2D eigenvalue weighted by molar-refractivity contribution is -0.385. The number of carbonyl (C=O) groups is 2. The van der Waals surface area contributed by atoms with Gasteiger partial charge in [-0.25, -0.2) is 0 Å². The normalized spacial score (nSPS) is 10.6. The summed E-state index contributed by atoms with van der Waals surface area (Å²) in [5.74, 6) is -0.788. The number of rotatable bonds is 6. The summed E-state index contributed by atoms with van der Waals surface area (Å²) in [4.78, 5) is 33.2. The van der Waals surface area contributed by atoms with Crippen LogP contribution in [0.5, 0.6) is 0 Å². The minimum absolute atomic E-state index is 0.00286. The van der Waals surface area contributed by atoms with Crippen LogP contribution in [0.25, 0.3) is 6.08 Å². The van der Waals surface area contributed by atoms with Crippen LogP contribution >= 0.6 is 0 Å². The summed E-state index contributed by atoms with van der Waals surface area (Å²) in [5, 5.41) is 15.8. The van der Waals surface area contributed by atoms with Crippen molar-refractivity contribution in [2.24, 2.45) is 0 Å². The fraction of sp³-hybridized carbons (Fsp3) is 0.286. The van der Waals surface area contributed by atoms with E-state index in [2.05, 4.69) is 10.6 Å². The van der Waals surface area contributed by atoms with Gasteiger partial charge in [0.25, 0.3) is 5.69 Å². The summed E-state index contributed by atoms with van der Waals surface area (Å²) >= 11 is 0. The first-order valence-electron chi connectivity index (χ1n) is 6.39. The molecule has 7 heteroatoms. The predicted molar refractivity (Wildman–Crippen MR) is 78.4 cm³/mol. The molecule has 0 radical (unpaired) electrons. The predicted octanol–water partition coefficient (Wildman–Crippen LogP) is 1.25. The molecule has 1 rings (SSSR count). The summed E-state index contributed by atoms with van der Waals surface area (Å²) in [7, 11) is 0. The Kier molecular flexibility index (Phi) is 6.06. The third kappa shape index (κ3) is 5.85. The molecule has 21 heavy (non-hydrogen) atoms. The number of para-hydroxylation sites is 1. The van der Waals surface area contributed by atoms with Gasteiger partial charge in [-0.2, -0.15) is 0 Å². The molecule has 2 amide bonds. The van der Waals surface area contributed by atoms with Crippen molar-refractivity contribution < 1.29 is 14.5 Å². The molecule has 0 heterocycles. The highest BCUT2D eigenvalue weighted by Gasteiger charge is 2.10. The second-order valence-electron chi connectivity index (χ2n) is 4.59. The maximum atomic E-state index is 11.5.